The van der Waals surface area contributed by atoms with E-state index >= 15 is 0 Å². The van der Waals surface area contributed by atoms with Gasteiger partial charge in [-0.15, -0.1) is 0 Å². The Bertz CT molecular complexity index is 1920. The summed E-state index contributed by atoms with van der Waals surface area (Å²) < 4.78 is 16.8. The first-order valence-corrected chi connectivity index (χ1v) is 32.8. The van der Waals surface area contributed by atoms with Crippen LogP contribution in [-0.2, 0) is 28.6 Å². The van der Waals surface area contributed by atoms with E-state index in [1.165, 1.54) is 32.1 Å². The highest BCUT2D eigenvalue weighted by Gasteiger charge is 2.19. The lowest BCUT2D eigenvalue weighted by Crippen LogP contribution is -2.30. The van der Waals surface area contributed by atoms with Gasteiger partial charge in [0.15, 0.2) is 6.10 Å². The van der Waals surface area contributed by atoms with Crippen LogP contribution in [-0.4, -0.2) is 37.2 Å². The highest BCUT2D eigenvalue weighted by molar-refractivity contribution is 5.71. The molecule has 0 spiro atoms. The van der Waals surface area contributed by atoms with Gasteiger partial charge in [0, 0.05) is 19.3 Å². The predicted molar refractivity (Wildman–Crippen MR) is 357 cm³/mol. The maximum Gasteiger partial charge on any atom is 0.306 e. The first kappa shape index (κ1) is 76.5. The Morgan fingerprint density at radius 2 is 0.476 bits per heavy atom. The van der Waals surface area contributed by atoms with Crippen molar-refractivity contribution >= 4 is 17.9 Å². The summed E-state index contributed by atoms with van der Waals surface area (Å²) in [5.41, 5.74) is 0. The fraction of sp³-hybridized carbons (Fsp3) is 0.566. The van der Waals surface area contributed by atoms with Gasteiger partial charge in [0.05, 0.1) is 0 Å². The third kappa shape index (κ3) is 65.3. The molecule has 0 N–H and O–H groups in total. The van der Waals surface area contributed by atoms with Crippen LogP contribution in [0.5, 0.6) is 0 Å². The number of ether oxygens (including phenoxy) is 3. The van der Waals surface area contributed by atoms with Crippen molar-refractivity contribution in [3.8, 4) is 0 Å². The summed E-state index contributed by atoms with van der Waals surface area (Å²) in [6.45, 7) is 6.33. The predicted octanol–water partition coefficient (Wildman–Crippen LogP) is 22.8. The van der Waals surface area contributed by atoms with Crippen molar-refractivity contribution in [1.29, 1.82) is 0 Å². The molecule has 0 heterocycles. The van der Waals surface area contributed by atoms with Crippen LogP contribution in [0.15, 0.2) is 182 Å². The zero-order valence-electron chi connectivity index (χ0n) is 52.4. The number of carbonyl (C=O) groups is 3. The number of allylic oxidation sites excluding steroid dienone is 30. The van der Waals surface area contributed by atoms with Gasteiger partial charge >= 0.3 is 17.9 Å². The molecule has 1 atom stereocenters. The average Bonchev–Trinajstić information content (AvgIpc) is 3.47. The lowest BCUT2D eigenvalue weighted by molar-refractivity contribution is -0.167. The topological polar surface area (TPSA) is 78.9 Å². The average molecular weight is 1130 g/mol. The second-order valence-electron chi connectivity index (χ2n) is 20.9. The third-order valence-corrected chi connectivity index (χ3v) is 13.2. The number of esters is 3. The van der Waals surface area contributed by atoms with Gasteiger partial charge in [0.1, 0.15) is 13.2 Å². The van der Waals surface area contributed by atoms with Crippen LogP contribution in [0.1, 0.15) is 258 Å². The van der Waals surface area contributed by atoms with Crippen LogP contribution >= 0.6 is 0 Å². The molecule has 0 saturated heterocycles. The quantitative estimate of drug-likeness (QED) is 0.0261. The van der Waals surface area contributed by atoms with Gasteiger partial charge < -0.3 is 14.2 Å². The van der Waals surface area contributed by atoms with E-state index in [0.29, 0.717) is 12.8 Å². The Morgan fingerprint density at radius 1 is 0.256 bits per heavy atom. The lowest BCUT2D eigenvalue weighted by atomic mass is 10.1. The molecule has 0 aromatic carbocycles. The van der Waals surface area contributed by atoms with E-state index in [1.807, 2.05) is 0 Å². The molecule has 0 aromatic heterocycles. The summed E-state index contributed by atoms with van der Waals surface area (Å²) in [5.74, 6) is -0.959. The van der Waals surface area contributed by atoms with Gasteiger partial charge in [0.25, 0.3) is 0 Å². The molecule has 0 rings (SSSR count). The first-order valence-electron chi connectivity index (χ1n) is 32.8. The Balaban J connectivity index is 4.31. The van der Waals surface area contributed by atoms with Gasteiger partial charge in [-0.3, -0.25) is 14.4 Å². The number of unbranched alkanes of at least 4 members (excludes halogenated alkanes) is 16. The summed E-state index contributed by atoms with van der Waals surface area (Å²) in [4.78, 5) is 38.2. The molecular weight excluding hydrogens is 1010 g/mol. The standard InChI is InChI=1S/C76H118O6/c1-4-7-10-13-16-19-21-23-25-27-29-31-33-34-35-36-37-38-39-40-41-42-44-45-47-49-51-53-55-57-60-63-66-69-75(78)81-72-73(71-80-74(77)68-65-62-59-18-15-12-9-6-3)82-76(79)70-67-64-61-58-56-54-52-50-48-46-43-32-30-28-26-24-22-20-17-14-11-8-5-2/h7-8,10-11,16-17,19-20,23-26,29-32,34-35,37-38,40-41,44-46,48-49,51-52,54,73H,4-6,9,12-15,18,21-22,27-28,33,36,39,42-43,47,50,53,55-72H2,1-3H3/b10-7-,11-8-,19-16-,20-17-,25-23-,26-24-,31-29-,32-30-,35-34-,38-37-,41-40-,45-44-,48-46-,51-49-,54-52-. The molecule has 0 aliphatic carbocycles. The van der Waals surface area contributed by atoms with Crippen molar-refractivity contribution in [2.75, 3.05) is 13.2 Å². The van der Waals surface area contributed by atoms with E-state index in [4.69, 9.17) is 14.2 Å². The van der Waals surface area contributed by atoms with Crippen LogP contribution in [0.2, 0.25) is 0 Å². The van der Waals surface area contributed by atoms with Crippen molar-refractivity contribution in [1.82, 2.24) is 0 Å². The molecule has 0 amide bonds. The van der Waals surface area contributed by atoms with Gasteiger partial charge in [0.2, 0.25) is 0 Å². The van der Waals surface area contributed by atoms with Crippen molar-refractivity contribution in [2.45, 2.75) is 264 Å². The molecule has 6 heteroatoms. The molecule has 458 valence electrons. The van der Waals surface area contributed by atoms with Gasteiger partial charge in [-0.25, -0.2) is 0 Å². The normalized spacial score (nSPS) is 13.4. The summed E-state index contributed by atoms with van der Waals surface area (Å²) in [6, 6.07) is 0. The van der Waals surface area contributed by atoms with Crippen molar-refractivity contribution in [2.24, 2.45) is 0 Å². The molecule has 0 aliphatic heterocycles. The van der Waals surface area contributed by atoms with E-state index in [1.54, 1.807) is 0 Å². The zero-order valence-corrected chi connectivity index (χ0v) is 52.4. The fourth-order valence-electron chi connectivity index (χ4n) is 8.32. The Hall–Kier alpha value is -5.49. The number of carbonyl (C=O) groups excluding carboxylic acids is 3. The number of hydrogen-bond acceptors (Lipinski definition) is 6. The van der Waals surface area contributed by atoms with Gasteiger partial charge in [-0.2, -0.15) is 0 Å². The molecule has 0 saturated carbocycles. The largest absolute Gasteiger partial charge is 0.462 e. The minimum Gasteiger partial charge on any atom is -0.462 e. The highest BCUT2D eigenvalue weighted by atomic mass is 16.6. The second-order valence-corrected chi connectivity index (χ2v) is 20.9. The Morgan fingerprint density at radius 3 is 0.744 bits per heavy atom. The minimum absolute atomic E-state index is 0.102. The van der Waals surface area contributed by atoms with Gasteiger partial charge in [-0.1, -0.05) is 280 Å². The van der Waals surface area contributed by atoms with Crippen LogP contribution in [0.3, 0.4) is 0 Å². The van der Waals surface area contributed by atoms with E-state index in [9.17, 15) is 14.4 Å². The Kier molecular flexibility index (Phi) is 63.5. The summed E-state index contributed by atoms with van der Waals surface area (Å²) in [5, 5.41) is 0. The second kappa shape index (κ2) is 68.0. The molecule has 0 radical (unpaired) electrons. The summed E-state index contributed by atoms with van der Waals surface area (Å²) >= 11 is 0. The minimum atomic E-state index is -0.808. The molecule has 0 bridgehead atoms. The van der Waals surface area contributed by atoms with Crippen molar-refractivity contribution in [3.63, 3.8) is 0 Å². The maximum absolute atomic E-state index is 12.9. The van der Waals surface area contributed by atoms with Crippen LogP contribution < -0.4 is 0 Å². The zero-order chi connectivity index (χ0) is 59.2. The lowest BCUT2D eigenvalue weighted by Gasteiger charge is -2.18. The number of hydrogen-bond donors (Lipinski definition) is 0. The van der Waals surface area contributed by atoms with Crippen LogP contribution in [0.4, 0.5) is 0 Å². The maximum atomic E-state index is 12.9. The number of rotatable bonds is 57. The van der Waals surface area contributed by atoms with E-state index < -0.39 is 6.10 Å². The fourth-order valence-corrected chi connectivity index (χ4v) is 8.32. The first-order chi connectivity index (χ1) is 40.5. The van der Waals surface area contributed by atoms with E-state index in [2.05, 4.69) is 203 Å². The van der Waals surface area contributed by atoms with Crippen LogP contribution in [0.25, 0.3) is 0 Å². The molecule has 0 aromatic rings. The van der Waals surface area contributed by atoms with Crippen LogP contribution in [0, 0.1) is 0 Å². The summed E-state index contributed by atoms with van der Waals surface area (Å²) in [7, 11) is 0. The molecule has 0 aliphatic rings. The smallest absolute Gasteiger partial charge is 0.306 e. The Labute approximate surface area is 504 Å². The molecular formula is C76H118O6. The molecule has 1 unspecified atom stereocenters. The highest BCUT2D eigenvalue weighted by Crippen LogP contribution is 2.13. The third-order valence-electron chi connectivity index (χ3n) is 13.2. The molecule has 6 nitrogen and oxygen atoms in total. The molecule has 0 fully saturated rings. The molecule has 82 heavy (non-hydrogen) atoms. The van der Waals surface area contributed by atoms with E-state index in [-0.39, 0.29) is 37.5 Å². The summed E-state index contributed by atoms with van der Waals surface area (Å²) in [6.07, 6.45) is 102. The van der Waals surface area contributed by atoms with Gasteiger partial charge in [-0.05, 0) is 141 Å². The SMILES string of the molecule is CC/C=C\C/C=C\C/C=C\C/C=C\C/C=C\C/C=C\C/C=C\C/C=C\C/C=C\CCCCCCCC(=O)OCC(COC(=O)CCCCCCCCCC)OC(=O)CCCCCC/C=C\C/C=C\C/C=C\C/C=C\C/C=C\C/C=C\CC. The van der Waals surface area contributed by atoms with Crippen molar-refractivity contribution in [3.05, 3.63) is 182 Å². The van der Waals surface area contributed by atoms with Crippen molar-refractivity contribution < 1.29 is 28.6 Å². The van der Waals surface area contributed by atoms with E-state index in [0.717, 1.165) is 186 Å². The monoisotopic (exact) mass is 1130 g/mol.